The Bertz CT molecular complexity index is 1260. The third-order valence-corrected chi connectivity index (χ3v) is 5.98. The first-order chi connectivity index (χ1) is 15.2. The Morgan fingerprint density at radius 1 is 1.00 bits per heavy atom. The first-order valence-electron chi connectivity index (χ1n) is 9.59. The average Bonchev–Trinajstić information content (AvgIpc) is 2.75. The van der Waals surface area contributed by atoms with E-state index in [1.807, 2.05) is 12.1 Å². The molecule has 3 rings (SSSR count). The summed E-state index contributed by atoms with van der Waals surface area (Å²) in [5.74, 6) is -3.42. The number of carbonyl (C=O) groups is 2. The van der Waals surface area contributed by atoms with Gasteiger partial charge in [0.25, 0.3) is 5.91 Å². The number of hydrogen-bond acceptors (Lipinski definition) is 5. The highest BCUT2D eigenvalue weighted by molar-refractivity contribution is 7.89. The van der Waals surface area contributed by atoms with Gasteiger partial charge in [0.2, 0.25) is 10.0 Å². The van der Waals surface area contributed by atoms with E-state index in [1.54, 1.807) is 18.2 Å². The highest BCUT2D eigenvalue weighted by Gasteiger charge is 2.20. The molecule has 7 nitrogen and oxygen atoms in total. The minimum absolute atomic E-state index is 0.0543. The number of fused-ring (bicyclic) bond motifs is 1. The Balaban J connectivity index is 1.50. The van der Waals surface area contributed by atoms with E-state index in [2.05, 4.69) is 10.0 Å². The first-order valence-corrected chi connectivity index (χ1v) is 11.1. The molecule has 3 aromatic rings. The van der Waals surface area contributed by atoms with E-state index in [1.165, 1.54) is 19.1 Å². The van der Waals surface area contributed by atoms with Crippen LogP contribution in [0, 0.1) is 11.6 Å². The molecule has 168 valence electrons. The van der Waals surface area contributed by atoms with Crippen LogP contribution in [0.2, 0.25) is 0 Å². The smallest absolute Gasteiger partial charge is 0.307 e. The number of anilines is 1. The highest BCUT2D eigenvalue weighted by Crippen LogP contribution is 2.19. The maximum atomic E-state index is 13.6. The SMILES string of the molecule is CC(OC(=O)CCNS(=O)(=O)c1ccc2ccccc2c1)C(=O)Nc1ccc(F)cc1F. The Hall–Kier alpha value is -3.37. The lowest BCUT2D eigenvalue weighted by Gasteiger charge is -2.14. The molecule has 0 bridgehead atoms. The fourth-order valence-corrected chi connectivity index (χ4v) is 3.91. The summed E-state index contributed by atoms with van der Waals surface area (Å²) in [5, 5.41) is 3.84. The van der Waals surface area contributed by atoms with Crippen molar-refractivity contribution in [2.45, 2.75) is 24.3 Å². The molecule has 1 unspecified atom stereocenters. The van der Waals surface area contributed by atoms with Gasteiger partial charge in [-0.3, -0.25) is 9.59 Å². The van der Waals surface area contributed by atoms with Crippen molar-refractivity contribution >= 4 is 38.4 Å². The second kappa shape index (κ2) is 9.84. The van der Waals surface area contributed by atoms with Crippen molar-refractivity contribution in [1.29, 1.82) is 0 Å². The number of nitrogens with one attached hydrogen (secondary N) is 2. The standard InChI is InChI=1S/C22H20F2N2O5S/c1-14(22(28)26-20-9-7-17(23)13-19(20)24)31-21(27)10-11-25-32(29,30)18-8-6-15-4-2-3-5-16(15)12-18/h2-9,12-14,25H,10-11H2,1H3,(H,26,28). The molecule has 32 heavy (non-hydrogen) atoms. The summed E-state index contributed by atoms with van der Waals surface area (Å²) in [6, 6.07) is 14.6. The lowest BCUT2D eigenvalue weighted by atomic mass is 10.1. The van der Waals surface area contributed by atoms with E-state index in [9.17, 15) is 26.8 Å². The summed E-state index contributed by atoms with van der Waals surface area (Å²) >= 11 is 0. The predicted octanol–water partition coefficient (Wildman–Crippen LogP) is 3.36. The molecule has 0 saturated carbocycles. The summed E-state index contributed by atoms with van der Waals surface area (Å²) in [4.78, 5) is 24.1. The summed E-state index contributed by atoms with van der Waals surface area (Å²) in [6.07, 6.45) is -1.60. The molecule has 2 N–H and O–H groups in total. The van der Waals surface area contributed by atoms with Crippen LogP contribution in [-0.2, 0) is 24.3 Å². The van der Waals surface area contributed by atoms with Crippen molar-refractivity contribution in [2.75, 3.05) is 11.9 Å². The zero-order valence-electron chi connectivity index (χ0n) is 17.0. The summed E-state index contributed by atoms with van der Waals surface area (Å²) in [5.41, 5.74) is -0.262. The molecule has 0 saturated heterocycles. The predicted molar refractivity (Wildman–Crippen MR) is 114 cm³/mol. The minimum atomic E-state index is -3.85. The van der Waals surface area contributed by atoms with Crippen LogP contribution in [0.15, 0.2) is 65.6 Å². The number of benzene rings is 3. The topological polar surface area (TPSA) is 102 Å². The lowest BCUT2D eigenvalue weighted by molar-refractivity contribution is -0.152. The number of sulfonamides is 1. The van der Waals surface area contributed by atoms with Gasteiger partial charge in [-0.2, -0.15) is 0 Å². The molecule has 0 aliphatic rings. The number of hydrogen-bond donors (Lipinski definition) is 2. The van der Waals surface area contributed by atoms with Gasteiger partial charge < -0.3 is 10.1 Å². The quantitative estimate of drug-likeness (QED) is 0.500. The van der Waals surface area contributed by atoms with E-state index >= 15 is 0 Å². The molecule has 10 heteroatoms. The number of halogens is 2. The maximum Gasteiger partial charge on any atom is 0.307 e. The molecule has 0 radical (unpaired) electrons. The Morgan fingerprint density at radius 3 is 2.44 bits per heavy atom. The Morgan fingerprint density at radius 2 is 1.72 bits per heavy atom. The third kappa shape index (κ3) is 5.86. The van der Waals surface area contributed by atoms with Crippen LogP contribution in [-0.4, -0.2) is 32.9 Å². The van der Waals surface area contributed by atoms with E-state index in [0.29, 0.717) is 6.07 Å². The molecular weight excluding hydrogens is 442 g/mol. The fourth-order valence-electron chi connectivity index (χ4n) is 2.84. The van der Waals surface area contributed by atoms with Gasteiger partial charge in [0.05, 0.1) is 17.0 Å². The number of amides is 1. The molecule has 0 heterocycles. The summed E-state index contributed by atoms with van der Waals surface area (Å²) in [7, 11) is -3.85. The van der Waals surface area contributed by atoms with Gasteiger partial charge in [0, 0.05) is 12.6 Å². The van der Waals surface area contributed by atoms with Gasteiger partial charge in [-0.25, -0.2) is 21.9 Å². The van der Waals surface area contributed by atoms with Crippen LogP contribution >= 0.6 is 0 Å². The first kappa shape index (κ1) is 23.3. The van der Waals surface area contributed by atoms with Crippen molar-refractivity contribution in [2.24, 2.45) is 0 Å². The van der Waals surface area contributed by atoms with Crippen molar-refractivity contribution in [3.8, 4) is 0 Å². The van der Waals surface area contributed by atoms with E-state index in [-0.39, 0.29) is 23.5 Å². The average molecular weight is 462 g/mol. The molecule has 0 aromatic heterocycles. The normalized spacial score (nSPS) is 12.3. The van der Waals surface area contributed by atoms with Crippen molar-refractivity contribution in [1.82, 2.24) is 4.72 Å². The summed E-state index contributed by atoms with van der Waals surface area (Å²) in [6.45, 7) is 1.03. The molecule has 0 aliphatic heterocycles. The molecule has 0 fully saturated rings. The van der Waals surface area contributed by atoms with Gasteiger partial charge in [-0.05, 0) is 42.0 Å². The number of carbonyl (C=O) groups excluding carboxylic acids is 2. The fraction of sp³-hybridized carbons (Fsp3) is 0.182. The largest absolute Gasteiger partial charge is 0.452 e. The van der Waals surface area contributed by atoms with E-state index in [0.717, 1.165) is 22.9 Å². The van der Waals surface area contributed by atoms with Crippen LogP contribution in [0.25, 0.3) is 10.8 Å². The van der Waals surface area contributed by atoms with Crippen LogP contribution in [0.4, 0.5) is 14.5 Å². The van der Waals surface area contributed by atoms with Gasteiger partial charge in [-0.1, -0.05) is 30.3 Å². The molecule has 1 atom stereocenters. The van der Waals surface area contributed by atoms with Crippen LogP contribution < -0.4 is 10.0 Å². The van der Waals surface area contributed by atoms with Crippen molar-refractivity contribution in [3.05, 3.63) is 72.3 Å². The van der Waals surface area contributed by atoms with Gasteiger partial charge >= 0.3 is 5.97 Å². The highest BCUT2D eigenvalue weighted by atomic mass is 32.2. The zero-order chi connectivity index (χ0) is 23.3. The van der Waals surface area contributed by atoms with Crippen molar-refractivity contribution in [3.63, 3.8) is 0 Å². The number of esters is 1. The van der Waals surface area contributed by atoms with E-state index in [4.69, 9.17) is 4.74 Å². The second-order valence-electron chi connectivity index (χ2n) is 6.90. The van der Waals surface area contributed by atoms with Gasteiger partial charge in [0.15, 0.2) is 6.10 Å². The number of ether oxygens (including phenoxy) is 1. The molecule has 0 spiro atoms. The van der Waals surface area contributed by atoms with E-state index < -0.39 is 39.6 Å². The third-order valence-electron chi connectivity index (χ3n) is 4.52. The minimum Gasteiger partial charge on any atom is -0.452 e. The van der Waals surface area contributed by atoms with Crippen LogP contribution in [0.5, 0.6) is 0 Å². The zero-order valence-corrected chi connectivity index (χ0v) is 17.8. The van der Waals surface area contributed by atoms with Gasteiger partial charge in [-0.15, -0.1) is 0 Å². The van der Waals surface area contributed by atoms with Crippen LogP contribution in [0.3, 0.4) is 0 Å². The second-order valence-corrected chi connectivity index (χ2v) is 8.67. The Labute approximate surface area is 183 Å². The molecule has 0 aliphatic carbocycles. The maximum absolute atomic E-state index is 13.6. The van der Waals surface area contributed by atoms with Crippen molar-refractivity contribution < 1.29 is 31.5 Å². The molecule has 1 amide bonds. The molecule has 3 aromatic carbocycles. The van der Waals surface area contributed by atoms with Crippen LogP contribution in [0.1, 0.15) is 13.3 Å². The monoisotopic (exact) mass is 462 g/mol. The number of rotatable bonds is 8. The molecular formula is C22H20F2N2O5S. The van der Waals surface area contributed by atoms with Gasteiger partial charge in [0.1, 0.15) is 11.6 Å². The lowest BCUT2D eigenvalue weighted by Crippen LogP contribution is -2.32. The Kier molecular flexibility index (Phi) is 7.16. The summed E-state index contributed by atoms with van der Waals surface area (Å²) < 4.78 is 58.7.